The highest BCUT2D eigenvalue weighted by Gasteiger charge is 2.29. The summed E-state index contributed by atoms with van der Waals surface area (Å²) < 4.78 is 0. The molecule has 0 bridgehead atoms. The lowest BCUT2D eigenvalue weighted by Gasteiger charge is -2.41. The highest BCUT2D eigenvalue weighted by atomic mass is 15.3. The molecule has 100 valence electrons. The van der Waals surface area contributed by atoms with Crippen molar-refractivity contribution < 1.29 is 0 Å². The first-order chi connectivity index (χ1) is 8.17. The van der Waals surface area contributed by atoms with Crippen LogP contribution in [0.15, 0.2) is 0 Å². The van der Waals surface area contributed by atoms with Gasteiger partial charge in [-0.2, -0.15) is 0 Å². The van der Waals surface area contributed by atoms with Gasteiger partial charge in [-0.3, -0.25) is 0 Å². The van der Waals surface area contributed by atoms with E-state index < -0.39 is 0 Å². The van der Waals surface area contributed by atoms with Crippen molar-refractivity contribution in [1.82, 2.24) is 9.80 Å². The molecule has 0 radical (unpaired) electrons. The summed E-state index contributed by atoms with van der Waals surface area (Å²) in [6.07, 6.45) is 4.41. The fraction of sp³-hybridized carbons (Fsp3) is 1.00. The van der Waals surface area contributed by atoms with Gasteiger partial charge in [0.15, 0.2) is 0 Å². The molecule has 1 saturated carbocycles. The lowest BCUT2D eigenvalue weighted by atomic mass is 9.73. The predicted octanol–water partition coefficient (Wildman–Crippen LogP) is 2.70. The summed E-state index contributed by atoms with van der Waals surface area (Å²) >= 11 is 0. The molecule has 0 N–H and O–H groups in total. The van der Waals surface area contributed by atoms with Crippen LogP contribution in [0, 0.1) is 17.8 Å². The van der Waals surface area contributed by atoms with Gasteiger partial charge in [-0.1, -0.05) is 27.2 Å². The number of rotatable bonds is 5. The Bertz CT molecular complexity index is 213. The van der Waals surface area contributed by atoms with Crippen LogP contribution in [-0.4, -0.2) is 49.1 Å². The molecule has 2 heteroatoms. The molecule has 0 amide bonds. The van der Waals surface area contributed by atoms with Crippen molar-refractivity contribution in [1.29, 1.82) is 0 Å². The average molecular weight is 238 g/mol. The van der Waals surface area contributed by atoms with Gasteiger partial charge in [0, 0.05) is 39.3 Å². The third-order valence-corrected chi connectivity index (χ3v) is 4.52. The molecule has 2 nitrogen and oxygen atoms in total. The van der Waals surface area contributed by atoms with Crippen LogP contribution < -0.4 is 0 Å². The molecule has 0 atom stereocenters. The standard InChI is InChI=1S/C15H30N2/c1-4-14-9-15(10-14)12-17-7-5-16(6-8-17)11-13(2)3/h13-15H,4-12H2,1-3H3. The van der Waals surface area contributed by atoms with Gasteiger partial charge in [-0.15, -0.1) is 0 Å². The van der Waals surface area contributed by atoms with Gasteiger partial charge in [-0.25, -0.2) is 0 Å². The van der Waals surface area contributed by atoms with Gasteiger partial charge in [0.05, 0.1) is 0 Å². The summed E-state index contributed by atoms with van der Waals surface area (Å²) in [5, 5.41) is 0. The van der Waals surface area contributed by atoms with Crippen molar-refractivity contribution in [2.75, 3.05) is 39.3 Å². The Labute approximate surface area is 107 Å². The summed E-state index contributed by atoms with van der Waals surface area (Å²) in [6.45, 7) is 14.9. The Morgan fingerprint density at radius 2 is 1.53 bits per heavy atom. The van der Waals surface area contributed by atoms with Gasteiger partial charge < -0.3 is 9.80 Å². The molecular weight excluding hydrogens is 208 g/mol. The zero-order valence-electron chi connectivity index (χ0n) is 12.0. The number of piperazine rings is 1. The van der Waals surface area contributed by atoms with E-state index in [1.807, 2.05) is 0 Å². The van der Waals surface area contributed by atoms with Gasteiger partial charge >= 0.3 is 0 Å². The molecule has 0 aromatic carbocycles. The van der Waals surface area contributed by atoms with Crippen molar-refractivity contribution in [2.45, 2.75) is 40.0 Å². The SMILES string of the molecule is CCC1CC(CN2CCN(CC(C)C)CC2)C1. The monoisotopic (exact) mass is 238 g/mol. The first-order valence-electron chi connectivity index (χ1n) is 7.62. The van der Waals surface area contributed by atoms with Gasteiger partial charge in [-0.05, 0) is 30.6 Å². The summed E-state index contributed by atoms with van der Waals surface area (Å²) in [4.78, 5) is 5.34. The van der Waals surface area contributed by atoms with Crippen LogP contribution in [0.25, 0.3) is 0 Å². The van der Waals surface area contributed by atoms with Gasteiger partial charge in [0.25, 0.3) is 0 Å². The van der Waals surface area contributed by atoms with Crippen molar-refractivity contribution in [3.05, 3.63) is 0 Å². The molecule has 1 aliphatic carbocycles. The average Bonchev–Trinajstić information content (AvgIpc) is 2.24. The number of hydrogen-bond acceptors (Lipinski definition) is 2. The third-order valence-electron chi connectivity index (χ3n) is 4.52. The highest BCUT2D eigenvalue weighted by molar-refractivity contribution is 4.83. The topological polar surface area (TPSA) is 6.48 Å². The van der Waals surface area contributed by atoms with Crippen LogP contribution in [0.5, 0.6) is 0 Å². The largest absolute Gasteiger partial charge is 0.301 e. The fourth-order valence-electron chi connectivity index (χ4n) is 3.39. The zero-order valence-corrected chi connectivity index (χ0v) is 12.0. The molecule has 1 aliphatic heterocycles. The molecule has 0 unspecified atom stereocenters. The van der Waals surface area contributed by atoms with Crippen molar-refractivity contribution in [2.24, 2.45) is 17.8 Å². The minimum atomic E-state index is 0.818. The quantitative estimate of drug-likeness (QED) is 0.726. The third kappa shape index (κ3) is 3.96. The molecule has 0 aromatic rings. The van der Waals surface area contributed by atoms with Crippen molar-refractivity contribution in [3.63, 3.8) is 0 Å². The van der Waals surface area contributed by atoms with Crippen LogP contribution in [0.2, 0.25) is 0 Å². The minimum absolute atomic E-state index is 0.818. The van der Waals surface area contributed by atoms with Crippen LogP contribution in [0.1, 0.15) is 40.0 Å². The molecule has 2 aliphatic rings. The van der Waals surface area contributed by atoms with Gasteiger partial charge in [0.1, 0.15) is 0 Å². The van der Waals surface area contributed by atoms with Crippen molar-refractivity contribution in [3.8, 4) is 0 Å². The molecule has 17 heavy (non-hydrogen) atoms. The lowest BCUT2D eigenvalue weighted by molar-refractivity contribution is 0.0737. The second-order valence-corrected chi connectivity index (χ2v) is 6.61. The van der Waals surface area contributed by atoms with E-state index >= 15 is 0 Å². The maximum Gasteiger partial charge on any atom is 0.0110 e. The summed E-state index contributed by atoms with van der Waals surface area (Å²) in [5.41, 5.74) is 0. The van der Waals surface area contributed by atoms with Crippen molar-refractivity contribution >= 4 is 0 Å². The fourth-order valence-corrected chi connectivity index (χ4v) is 3.39. The second-order valence-electron chi connectivity index (χ2n) is 6.61. The van der Waals surface area contributed by atoms with E-state index in [4.69, 9.17) is 0 Å². The maximum atomic E-state index is 2.70. The molecular formula is C15H30N2. The van der Waals surface area contributed by atoms with Crippen LogP contribution in [0.3, 0.4) is 0 Å². The smallest absolute Gasteiger partial charge is 0.0110 e. The highest BCUT2D eigenvalue weighted by Crippen LogP contribution is 2.36. The number of nitrogens with zero attached hydrogens (tertiary/aromatic N) is 2. The first-order valence-corrected chi connectivity index (χ1v) is 7.62. The summed E-state index contributed by atoms with van der Waals surface area (Å²) in [7, 11) is 0. The zero-order chi connectivity index (χ0) is 12.3. The molecule has 0 aromatic heterocycles. The van der Waals surface area contributed by atoms with E-state index in [9.17, 15) is 0 Å². The Kier molecular flexibility index (Phi) is 4.87. The molecule has 2 rings (SSSR count). The van der Waals surface area contributed by atoms with E-state index in [-0.39, 0.29) is 0 Å². The Balaban J connectivity index is 1.60. The van der Waals surface area contributed by atoms with E-state index in [0.29, 0.717) is 0 Å². The Morgan fingerprint density at radius 1 is 0.941 bits per heavy atom. The normalized spacial score (nSPS) is 31.8. The van der Waals surface area contributed by atoms with Crippen LogP contribution in [0.4, 0.5) is 0 Å². The van der Waals surface area contributed by atoms with Gasteiger partial charge in [0.2, 0.25) is 0 Å². The van der Waals surface area contributed by atoms with Crippen LogP contribution >= 0.6 is 0 Å². The lowest BCUT2D eigenvalue weighted by Crippen LogP contribution is -2.49. The Hall–Kier alpha value is -0.0800. The summed E-state index contributed by atoms with van der Waals surface area (Å²) in [6, 6.07) is 0. The molecule has 1 saturated heterocycles. The second kappa shape index (κ2) is 6.19. The van der Waals surface area contributed by atoms with E-state index in [1.54, 1.807) is 0 Å². The van der Waals surface area contributed by atoms with Crippen LogP contribution in [-0.2, 0) is 0 Å². The predicted molar refractivity (Wildman–Crippen MR) is 74.2 cm³/mol. The maximum absolute atomic E-state index is 2.70. The van der Waals surface area contributed by atoms with E-state index in [1.165, 1.54) is 58.5 Å². The first kappa shape index (κ1) is 13.4. The molecule has 1 heterocycles. The Morgan fingerprint density at radius 3 is 2.06 bits per heavy atom. The molecule has 0 spiro atoms. The van der Waals surface area contributed by atoms with E-state index in [0.717, 1.165) is 17.8 Å². The van der Waals surface area contributed by atoms with E-state index in [2.05, 4.69) is 30.6 Å². The number of hydrogen-bond donors (Lipinski definition) is 0. The summed E-state index contributed by atoms with van der Waals surface area (Å²) in [5.74, 6) is 2.90. The molecule has 2 fully saturated rings. The minimum Gasteiger partial charge on any atom is -0.301 e.